The Morgan fingerprint density at radius 1 is 1.00 bits per heavy atom. The summed E-state index contributed by atoms with van der Waals surface area (Å²) in [6.45, 7) is 5.39. The zero-order valence-electron chi connectivity index (χ0n) is 12.3. The predicted molar refractivity (Wildman–Crippen MR) is 72.7 cm³/mol. The summed E-state index contributed by atoms with van der Waals surface area (Å²) in [7, 11) is 4.15. The van der Waals surface area contributed by atoms with Gasteiger partial charge < -0.3 is 48.0 Å². The normalized spacial score (nSPS) is 8.50. The Balaban J connectivity index is -0.000000110. The van der Waals surface area contributed by atoms with E-state index in [-0.39, 0.29) is 63.1 Å². The number of hydrogen-bond acceptors (Lipinski definition) is 1. The van der Waals surface area contributed by atoms with Crippen LogP contribution in [0.2, 0.25) is 0 Å². The van der Waals surface area contributed by atoms with Gasteiger partial charge in [-0.2, -0.15) is 31.4 Å². The number of benzene rings is 1. The number of fused-ring (bicyclic) bond motifs is 1. The molecule has 0 fully saturated rings. The van der Waals surface area contributed by atoms with E-state index in [1.165, 1.54) is 16.7 Å². The average molecular weight is 500 g/mol. The summed E-state index contributed by atoms with van der Waals surface area (Å²) < 4.78 is 0. The fourth-order valence-corrected chi connectivity index (χ4v) is 1.70. The maximum Gasteiger partial charge on any atom is 0 e. The van der Waals surface area contributed by atoms with Gasteiger partial charge >= 0.3 is 0 Å². The van der Waals surface area contributed by atoms with Gasteiger partial charge in [0.2, 0.25) is 0 Å². The number of nitrogens with zero attached hydrogens (tertiary/aromatic N) is 1. The minimum Gasteiger partial charge on any atom is -1.00 e. The molecule has 0 bridgehead atoms. The van der Waals surface area contributed by atoms with Gasteiger partial charge in [-0.1, -0.05) is 6.07 Å². The fraction of sp³-hybridized carbons (Fsp3) is 0.333. The predicted octanol–water partition coefficient (Wildman–Crippen LogP) is -5.27. The molecule has 2 rings (SSSR count). The molecular formula is C15H21Cl3HfN-5. The molecule has 2 aromatic rings. The molecule has 0 radical (unpaired) electrons. The number of halogens is 3. The van der Waals surface area contributed by atoms with Crippen LogP contribution in [0.15, 0.2) is 42.5 Å². The monoisotopic (exact) mass is 500 g/mol. The van der Waals surface area contributed by atoms with E-state index < -0.39 is 0 Å². The second kappa shape index (κ2) is 15.9. The molecule has 0 amide bonds. The van der Waals surface area contributed by atoms with Crippen LogP contribution in [0, 0.1) is 5.92 Å². The van der Waals surface area contributed by atoms with Crippen LogP contribution < -0.4 is 37.2 Å². The minimum absolute atomic E-state index is 0. The van der Waals surface area contributed by atoms with Gasteiger partial charge in [-0.05, 0) is 14.1 Å². The van der Waals surface area contributed by atoms with Crippen LogP contribution >= 0.6 is 0 Å². The first-order chi connectivity index (χ1) is 7.59. The SMILES string of the molecule is C[C-](C)CN(C)C.[Cl-].[Cl-].[Cl-].[Hf].c1ccc2[cH-]ccc2c1. The molecule has 0 heterocycles. The van der Waals surface area contributed by atoms with Gasteiger partial charge in [0.25, 0.3) is 0 Å². The Bertz CT molecular complexity index is 380. The summed E-state index contributed by atoms with van der Waals surface area (Å²) in [5, 5.41) is 2.66. The van der Waals surface area contributed by atoms with Crippen LogP contribution in [0.4, 0.5) is 0 Å². The van der Waals surface area contributed by atoms with Gasteiger partial charge in [-0.25, -0.2) is 0 Å². The van der Waals surface area contributed by atoms with E-state index in [1.54, 1.807) is 0 Å². The first kappa shape index (κ1) is 28.7. The van der Waals surface area contributed by atoms with Crippen molar-refractivity contribution in [3.63, 3.8) is 0 Å². The molecule has 0 N–H and O–H groups in total. The Morgan fingerprint density at radius 2 is 1.55 bits per heavy atom. The van der Waals surface area contributed by atoms with Gasteiger partial charge in [-0.15, -0.1) is 36.2 Å². The molecular weight excluding hydrogens is 479 g/mol. The molecule has 116 valence electrons. The van der Waals surface area contributed by atoms with Crippen molar-refractivity contribution in [3.05, 3.63) is 48.4 Å². The third kappa shape index (κ3) is 12.3. The quantitative estimate of drug-likeness (QED) is 0.295. The van der Waals surface area contributed by atoms with Crippen molar-refractivity contribution in [1.29, 1.82) is 0 Å². The molecule has 0 aliphatic heterocycles. The van der Waals surface area contributed by atoms with Gasteiger partial charge in [0.05, 0.1) is 0 Å². The van der Waals surface area contributed by atoms with Crippen molar-refractivity contribution in [2.24, 2.45) is 0 Å². The van der Waals surface area contributed by atoms with Crippen LogP contribution in [-0.4, -0.2) is 25.5 Å². The zero-order valence-corrected chi connectivity index (χ0v) is 18.2. The summed E-state index contributed by atoms with van der Waals surface area (Å²) in [6, 6.07) is 14.7. The third-order valence-corrected chi connectivity index (χ3v) is 2.18. The second-order valence-corrected chi connectivity index (χ2v) is 4.60. The van der Waals surface area contributed by atoms with Gasteiger partial charge in [-0.3, -0.25) is 0 Å². The van der Waals surface area contributed by atoms with Crippen molar-refractivity contribution in [2.45, 2.75) is 13.8 Å². The standard InChI is InChI=1S/C9H7.C6H14N.3ClH.Hf/c1-2-5-9-7-3-6-8(9)4-1;1-6(2)5-7(3)4;;;;/h1-7H;5H2,1-4H3;3*1H;/q2*-1;;;;/p-3. The van der Waals surface area contributed by atoms with Gasteiger partial charge in [0.15, 0.2) is 0 Å². The molecule has 0 spiro atoms. The van der Waals surface area contributed by atoms with E-state index in [2.05, 4.69) is 75.3 Å². The zero-order chi connectivity index (χ0) is 12.0. The average Bonchev–Trinajstić information content (AvgIpc) is 2.63. The molecule has 0 aromatic heterocycles. The first-order valence-electron chi connectivity index (χ1n) is 5.64. The van der Waals surface area contributed by atoms with Gasteiger partial charge in [0.1, 0.15) is 0 Å². The van der Waals surface area contributed by atoms with E-state index in [4.69, 9.17) is 0 Å². The van der Waals surface area contributed by atoms with E-state index in [9.17, 15) is 0 Å². The molecule has 0 unspecified atom stereocenters. The van der Waals surface area contributed by atoms with Crippen LogP contribution in [0.5, 0.6) is 0 Å². The summed E-state index contributed by atoms with van der Waals surface area (Å²) in [4.78, 5) is 2.16. The maximum atomic E-state index is 2.16. The molecule has 2 aromatic carbocycles. The van der Waals surface area contributed by atoms with Crippen molar-refractivity contribution in [3.8, 4) is 0 Å². The Hall–Kier alpha value is 0.530. The molecule has 20 heavy (non-hydrogen) atoms. The molecule has 0 aliphatic rings. The first-order valence-corrected chi connectivity index (χ1v) is 5.64. The Kier molecular flexibility index (Phi) is 22.8. The third-order valence-electron chi connectivity index (χ3n) is 2.18. The van der Waals surface area contributed by atoms with E-state index >= 15 is 0 Å². The fourth-order valence-electron chi connectivity index (χ4n) is 1.70. The van der Waals surface area contributed by atoms with Crippen molar-refractivity contribution in [2.75, 3.05) is 20.6 Å². The summed E-state index contributed by atoms with van der Waals surface area (Å²) in [6.07, 6.45) is 0. The largest absolute Gasteiger partial charge is 1.00 e. The van der Waals surface area contributed by atoms with Crippen molar-refractivity contribution >= 4 is 10.8 Å². The van der Waals surface area contributed by atoms with Crippen LogP contribution in [0.3, 0.4) is 0 Å². The van der Waals surface area contributed by atoms with E-state index in [1.807, 2.05) is 0 Å². The van der Waals surface area contributed by atoms with Crippen LogP contribution in [0.25, 0.3) is 10.8 Å². The summed E-state index contributed by atoms with van der Waals surface area (Å²) >= 11 is 0. The smallest absolute Gasteiger partial charge is 0 e. The summed E-state index contributed by atoms with van der Waals surface area (Å²) in [5.41, 5.74) is 0. The minimum atomic E-state index is 0. The van der Waals surface area contributed by atoms with E-state index in [0.29, 0.717) is 0 Å². The van der Waals surface area contributed by atoms with Crippen LogP contribution in [-0.2, 0) is 25.8 Å². The summed E-state index contributed by atoms with van der Waals surface area (Å²) in [5.74, 6) is 1.46. The van der Waals surface area contributed by atoms with Crippen molar-refractivity contribution in [1.82, 2.24) is 4.90 Å². The molecule has 1 nitrogen and oxygen atoms in total. The Morgan fingerprint density at radius 3 is 1.95 bits per heavy atom. The number of hydrogen-bond donors (Lipinski definition) is 0. The molecule has 0 saturated carbocycles. The van der Waals surface area contributed by atoms with Crippen LogP contribution in [0.1, 0.15) is 13.8 Å². The molecule has 5 heteroatoms. The molecule has 0 atom stereocenters. The van der Waals surface area contributed by atoms with E-state index in [0.717, 1.165) is 6.54 Å². The second-order valence-electron chi connectivity index (χ2n) is 4.60. The van der Waals surface area contributed by atoms with Crippen molar-refractivity contribution < 1.29 is 63.1 Å². The number of rotatable bonds is 2. The molecule has 0 aliphatic carbocycles. The molecule has 0 saturated heterocycles. The Labute approximate surface area is 160 Å². The topological polar surface area (TPSA) is 3.24 Å². The van der Waals surface area contributed by atoms with Gasteiger partial charge in [0, 0.05) is 25.8 Å². The maximum absolute atomic E-state index is 2.16.